The van der Waals surface area contributed by atoms with Crippen LogP contribution in [0.3, 0.4) is 0 Å². The topological polar surface area (TPSA) is 102 Å². The molecule has 1 unspecified atom stereocenters. The first-order valence-corrected chi connectivity index (χ1v) is 13.0. The van der Waals surface area contributed by atoms with Crippen LogP contribution < -0.4 is 4.72 Å². The van der Waals surface area contributed by atoms with E-state index in [1.165, 1.54) is 11.0 Å². The minimum absolute atomic E-state index is 0.193. The van der Waals surface area contributed by atoms with E-state index < -0.39 is 44.1 Å². The predicted molar refractivity (Wildman–Crippen MR) is 126 cm³/mol. The van der Waals surface area contributed by atoms with Crippen molar-refractivity contribution in [2.75, 3.05) is 26.7 Å². The van der Waals surface area contributed by atoms with E-state index in [4.69, 9.17) is 44.1 Å². The maximum atomic E-state index is 13.8. The Morgan fingerprint density at radius 3 is 2.31 bits per heavy atom. The number of nitrogens with zero attached hydrogens (tertiary/aromatic N) is 1. The summed E-state index contributed by atoms with van der Waals surface area (Å²) in [6.45, 7) is 1.03. The number of hydrogen-bond donors (Lipinski definition) is 1. The van der Waals surface area contributed by atoms with Crippen molar-refractivity contribution in [3.63, 3.8) is 0 Å². The van der Waals surface area contributed by atoms with Gasteiger partial charge in [-0.2, -0.15) is 0 Å². The molecule has 0 spiro atoms. The number of likely N-dealkylation sites (N-methyl/N-ethyl adjacent to an activating group) is 1. The molecule has 0 aromatic carbocycles. The van der Waals surface area contributed by atoms with E-state index >= 15 is 0 Å². The van der Waals surface area contributed by atoms with Crippen LogP contribution in [0.5, 0.6) is 0 Å². The van der Waals surface area contributed by atoms with Crippen LogP contribution in [-0.2, 0) is 28.9 Å². The number of halogens is 3. The van der Waals surface area contributed by atoms with Crippen LogP contribution in [0.4, 0.5) is 0 Å². The van der Waals surface area contributed by atoms with Gasteiger partial charge in [0.15, 0.2) is 4.65 Å². The standard InChI is InChI=1S/C19H28BCl3N2O6S/c1-3-4-8-11-18(15-9-6-5-7-10-15,32(28,29)24-14-19(21,22)23)20-30-16(26)12-25(2)13-17(27)31-20/h8-9,11,24H,3-7,10,12-14H2,1-2H3/b11-8+. The van der Waals surface area contributed by atoms with Gasteiger partial charge in [-0.05, 0) is 44.7 Å². The minimum Gasteiger partial charge on any atom is -0.497 e. The molecule has 180 valence electrons. The number of carbonyl (C=O) groups is 2. The fourth-order valence-corrected chi connectivity index (χ4v) is 5.89. The third-order valence-electron chi connectivity index (χ3n) is 5.15. The zero-order valence-electron chi connectivity index (χ0n) is 18.1. The normalized spacial score (nSPS) is 21.4. The van der Waals surface area contributed by atoms with Crippen LogP contribution in [0.15, 0.2) is 23.8 Å². The van der Waals surface area contributed by atoms with Gasteiger partial charge in [-0.1, -0.05) is 66.4 Å². The summed E-state index contributed by atoms with van der Waals surface area (Å²) >= 11 is 17.4. The van der Waals surface area contributed by atoms with Gasteiger partial charge in [-0.15, -0.1) is 0 Å². The first kappa shape index (κ1) is 27.5. The van der Waals surface area contributed by atoms with E-state index in [9.17, 15) is 18.0 Å². The van der Waals surface area contributed by atoms with Gasteiger partial charge >= 0.3 is 19.1 Å². The summed E-state index contributed by atoms with van der Waals surface area (Å²) < 4.78 is 37.0. The molecule has 1 aliphatic heterocycles. The Labute approximate surface area is 204 Å². The van der Waals surface area contributed by atoms with Gasteiger partial charge < -0.3 is 9.31 Å². The van der Waals surface area contributed by atoms with Crippen molar-refractivity contribution < 1.29 is 27.3 Å². The maximum absolute atomic E-state index is 13.8. The van der Waals surface area contributed by atoms with Crippen molar-refractivity contribution in [3.8, 4) is 0 Å². The molecule has 32 heavy (non-hydrogen) atoms. The van der Waals surface area contributed by atoms with Crippen molar-refractivity contribution in [3.05, 3.63) is 23.8 Å². The molecule has 8 nitrogen and oxygen atoms in total. The van der Waals surface area contributed by atoms with Gasteiger partial charge in [-0.25, -0.2) is 13.1 Å². The number of hydrogen-bond acceptors (Lipinski definition) is 7. The fourth-order valence-electron chi connectivity index (χ4n) is 3.65. The number of unbranched alkanes of at least 4 members (excludes halogenated alkanes) is 1. The van der Waals surface area contributed by atoms with E-state index in [1.54, 1.807) is 19.2 Å². The summed E-state index contributed by atoms with van der Waals surface area (Å²) in [5, 5.41) is 0. The van der Waals surface area contributed by atoms with Crippen LogP contribution in [0, 0.1) is 0 Å². The monoisotopic (exact) mass is 528 g/mol. The summed E-state index contributed by atoms with van der Waals surface area (Å²) in [4.78, 5) is 26.4. The molecule has 1 saturated heterocycles. The lowest BCUT2D eigenvalue weighted by Gasteiger charge is -2.37. The molecule has 1 N–H and O–H groups in total. The second kappa shape index (κ2) is 11.6. The van der Waals surface area contributed by atoms with Gasteiger partial charge in [0.1, 0.15) is 0 Å². The summed E-state index contributed by atoms with van der Waals surface area (Å²) in [5.74, 6) is -1.43. The summed E-state index contributed by atoms with van der Waals surface area (Å²) in [5.41, 5.74) is 0.465. The smallest absolute Gasteiger partial charge is 0.497 e. The molecule has 0 aromatic rings. The second-order valence-corrected chi connectivity index (χ2v) is 12.4. The quantitative estimate of drug-likeness (QED) is 0.293. The second-order valence-electron chi connectivity index (χ2n) is 7.88. The fraction of sp³-hybridized carbons (Fsp3) is 0.684. The van der Waals surface area contributed by atoms with Crippen LogP contribution in [-0.4, -0.2) is 67.5 Å². The van der Waals surface area contributed by atoms with Gasteiger partial charge in [0.2, 0.25) is 13.8 Å². The number of nitrogens with one attached hydrogen (secondary N) is 1. The summed E-state index contributed by atoms with van der Waals surface area (Å²) in [6.07, 6.45) is 8.88. The minimum atomic E-state index is -4.41. The summed E-state index contributed by atoms with van der Waals surface area (Å²) in [7, 11) is -4.59. The molecular weight excluding hydrogens is 501 g/mol. The average molecular weight is 530 g/mol. The van der Waals surface area contributed by atoms with E-state index in [0.717, 1.165) is 19.3 Å². The van der Waals surface area contributed by atoms with Crippen molar-refractivity contribution in [1.29, 1.82) is 0 Å². The van der Waals surface area contributed by atoms with E-state index in [2.05, 4.69) is 4.72 Å². The predicted octanol–water partition coefficient (Wildman–Crippen LogP) is 2.93. The van der Waals surface area contributed by atoms with Gasteiger partial charge in [0, 0.05) is 0 Å². The zero-order valence-corrected chi connectivity index (χ0v) is 21.2. The maximum Gasteiger partial charge on any atom is 0.631 e. The molecule has 13 heteroatoms. The van der Waals surface area contributed by atoms with E-state index in [0.29, 0.717) is 24.8 Å². The lowest BCUT2D eigenvalue weighted by Crippen LogP contribution is -2.62. The molecule has 2 aliphatic rings. The van der Waals surface area contributed by atoms with Crippen molar-refractivity contribution in [1.82, 2.24) is 9.62 Å². The number of sulfonamides is 1. The lowest BCUT2D eigenvalue weighted by atomic mass is 9.63. The molecule has 0 saturated carbocycles. The van der Waals surface area contributed by atoms with Crippen LogP contribution in [0.2, 0.25) is 0 Å². The Kier molecular flexibility index (Phi) is 9.94. The number of allylic oxidation sites excluding steroid dienone is 2. The molecule has 1 fully saturated rings. The number of rotatable bonds is 8. The summed E-state index contributed by atoms with van der Waals surface area (Å²) in [6, 6.07) is 0. The first-order valence-electron chi connectivity index (χ1n) is 10.4. The first-order chi connectivity index (χ1) is 14.9. The molecule has 0 aromatic heterocycles. The molecule has 1 heterocycles. The highest BCUT2D eigenvalue weighted by Gasteiger charge is 2.62. The van der Waals surface area contributed by atoms with Gasteiger partial charge in [0.25, 0.3) is 0 Å². The molecule has 1 atom stereocenters. The highest BCUT2D eigenvalue weighted by atomic mass is 35.6. The molecule has 0 radical (unpaired) electrons. The van der Waals surface area contributed by atoms with Crippen molar-refractivity contribution in [2.45, 2.75) is 53.9 Å². The number of carbonyl (C=O) groups excluding carboxylic acids is 2. The van der Waals surface area contributed by atoms with Crippen LogP contribution >= 0.6 is 34.8 Å². The number of alkyl halides is 3. The van der Waals surface area contributed by atoms with Crippen LogP contribution in [0.1, 0.15) is 45.4 Å². The van der Waals surface area contributed by atoms with Crippen LogP contribution in [0.25, 0.3) is 0 Å². The highest BCUT2D eigenvalue weighted by Crippen LogP contribution is 2.39. The Balaban J connectivity index is 2.67. The zero-order chi connectivity index (χ0) is 24.0. The Morgan fingerprint density at radius 2 is 1.81 bits per heavy atom. The highest BCUT2D eigenvalue weighted by molar-refractivity contribution is 7.93. The third-order valence-corrected chi connectivity index (χ3v) is 7.55. The Morgan fingerprint density at radius 1 is 1.19 bits per heavy atom. The molecular formula is C19H28BCl3N2O6S. The molecule has 0 bridgehead atoms. The van der Waals surface area contributed by atoms with Gasteiger partial charge in [-0.3, -0.25) is 14.5 Å². The van der Waals surface area contributed by atoms with Crippen molar-refractivity contribution >= 4 is 63.9 Å². The largest absolute Gasteiger partial charge is 0.631 e. The van der Waals surface area contributed by atoms with E-state index in [1.807, 2.05) is 6.92 Å². The Hall–Kier alpha value is -0.775. The lowest BCUT2D eigenvalue weighted by molar-refractivity contribution is -0.145. The Bertz CT molecular complexity index is 842. The van der Waals surface area contributed by atoms with Crippen molar-refractivity contribution in [2.24, 2.45) is 0 Å². The van der Waals surface area contributed by atoms with Gasteiger partial charge in [0.05, 0.1) is 19.6 Å². The molecule has 0 amide bonds. The average Bonchev–Trinajstić information content (AvgIpc) is 2.68. The molecule has 1 aliphatic carbocycles. The molecule has 2 rings (SSSR count). The van der Waals surface area contributed by atoms with E-state index in [-0.39, 0.29) is 13.1 Å². The SMILES string of the molecule is CCC/C=C/C(B1OC(=O)CN(C)CC(=O)O1)(C1=CCCCC1)S(=O)(=O)NCC(Cl)(Cl)Cl. The third kappa shape index (κ3) is 7.11.